The summed E-state index contributed by atoms with van der Waals surface area (Å²) in [5.41, 5.74) is 0.996. The molecule has 1 aliphatic heterocycles. The highest BCUT2D eigenvalue weighted by Crippen LogP contribution is 2.39. The fourth-order valence-corrected chi connectivity index (χ4v) is 4.27. The normalized spacial score (nSPS) is 25.0. The van der Waals surface area contributed by atoms with Crippen molar-refractivity contribution in [2.24, 2.45) is 0 Å². The minimum atomic E-state index is -3.43. The van der Waals surface area contributed by atoms with Gasteiger partial charge in [-0.25, -0.2) is 13.1 Å². The molecule has 2 aromatic rings. The van der Waals surface area contributed by atoms with Gasteiger partial charge in [0.25, 0.3) is 5.16 Å². The van der Waals surface area contributed by atoms with E-state index < -0.39 is 15.9 Å². The SMILES string of the molecule is O=S(=O)(c1nc2n(n1)C(c1ccccc1)CC2O)C1CC1. The van der Waals surface area contributed by atoms with Gasteiger partial charge in [-0.3, -0.25) is 0 Å². The van der Waals surface area contributed by atoms with Crippen LogP contribution in [0.3, 0.4) is 0 Å². The van der Waals surface area contributed by atoms with Gasteiger partial charge in [-0.1, -0.05) is 30.3 Å². The van der Waals surface area contributed by atoms with Gasteiger partial charge in [0.05, 0.1) is 11.3 Å². The molecular weight excluding hydrogens is 290 g/mol. The monoisotopic (exact) mass is 305 g/mol. The van der Waals surface area contributed by atoms with Gasteiger partial charge in [0.1, 0.15) is 6.10 Å². The predicted octanol–water partition coefficient (Wildman–Crippen LogP) is 1.24. The molecule has 4 rings (SSSR count). The topological polar surface area (TPSA) is 85.1 Å². The van der Waals surface area contributed by atoms with Crippen LogP contribution in [-0.2, 0) is 9.84 Å². The number of rotatable bonds is 3. The molecule has 6 nitrogen and oxygen atoms in total. The molecule has 0 saturated heterocycles. The Labute approximate surface area is 122 Å². The molecule has 0 bridgehead atoms. The van der Waals surface area contributed by atoms with E-state index in [-0.39, 0.29) is 16.4 Å². The van der Waals surface area contributed by atoms with Gasteiger partial charge in [-0.15, -0.1) is 5.10 Å². The summed E-state index contributed by atoms with van der Waals surface area (Å²) in [6, 6.07) is 9.48. The zero-order valence-corrected chi connectivity index (χ0v) is 12.1. The van der Waals surface area contributed by atoms with Crippen molar-refractivity contribution in [2.45, 2.75) is 41.8 Å². The summed E-state index contributed by atoms with van der Waals surface area (Å²) < 4.78 is 26.0. The maximum atomic E-state index is 12.2. The zero-order valence-electron chi connectivity index (χ0n) is 11.3. The van der Waals surface area contributed by atoms with Gasteiger partial charge in [-0.05, 0) is 18.4 Å². The highest BCUT2D eigenvalue weighted by atomic mass is 32.2. The third-order valence-electron chi connectivity index (χ3n) is 4.08. The molecule has 21 heavy (non-hydrogen) atoms. The quantitative estimate of drug-likeness (QED) is 0.922. The average Bonchev–Trinajstić information content (AvgIpc) is 3.17. The van der Waals surface area contributed by atoms with Crippen molar-refractivity contribution in [1.82, 2.24) is 14.8 Å². The van der Waals surface area contributed by atoms with Crippen molar-refractivity contribution in [1.29, 1.82) is 0 Å². The van der Waals surface area contributed by atoms with Crippen molar-refractivity contribution in [3.63, 3.8) is 0 Å². The lowest BCUT2D eigenvalue weighted by Crippen LogP contribution is -2.12. The van der Waals surface area contributed by atoms with Gasteiger partial charge >= 0.3 is 0 Å². The van der Waals surface area contributed by atoms with E-state index >= 15 is 0 Å². The largest absolute Gasteiger partial charge is 0.385 e. The number of benzene rings is 1. The summed E-state index contributed by atoms with van der Waals surface area (Å²) in [7, 11) is -3.43. The molecule has 0 amide bonds. The van der Waals surface area contributed by atoms with Gasteiger partial charge in [-0.2, -0.15) is 4.98 Å². The molecule has 2 atom stereocenters. The Morgan fingerprint density at radius 2 is 1.90 bits per heavy atom. The summed E-state index contributed by atoms with van der Waals surface area (Å²) in [5.74, 6) is 0.350. The minimum absolute atomic E-state index is 0.139. The lowest BCUT2D eigenvalue weighted by atomic mass is 10.0. The van der Waals surface area contributed by atoms with Gasteiger partial charge < -0.3 is 5.11 Å². The molecular formula is C14H15N3O3S. The Hall–Kier alpha value is -1.73. The van der Waals surface area contributed by atoms with Crippen LogP contribution in [0.15, 0.2) is 35.5 Å². The van der Waals surface area contributed by atoms with Gasteiger partial charge in [0.2, 0.25) is 9.84 Å². The lowest BCUT2D eigenvalue weighted by molar-refractivity contribution is 0.171. The third kappa shape index (κ3) is 1.99. The second kappa shape index (κ2) is 4.38. The number of nitrogens with zero attached hydrogens (tertiary/aromatic N) is 3. The first-order valence-electron chi connectivity index (χ1n) is 7.01. The summed E-state index contributed by atoms with van der Waals surface area (Å²) in [6.07, 6.45) is 1.06. The number of aliphatic hydroxyl groups is 1. The summed E-state index contributed by atoms with van der Waals surface area (Å²) >= 11 is 0. The van der Waals surface area contributed by atoms with Crippen molar-refractivity contribution < 1.29 is 13.5 Å². The van der Waals surface area contributed by atoms with Crippen LogP contribution < -0.4 is 0 Å². The van der Waals surface area contributed by atoms with E-state index in [1.54, 1.807) is 4.68 Å². The van der Waals surface area contributed by atoms with Gasteiger partial charge in [0.15, 0.2) is 5.82 Å². The Morgan fingerprint density at radius 3 is 2.57 bits per heavy atom. The molecule has 1 aromatic carbocycles. The van der Waals surface area contributed by atoms with Crippen LogP contribution in [0.5, 0.6) is 0 Å². The highest BCUT2D eigenvalue weighted by molar-refractivity contribution is 7.92. The molecule has 7 heteroatoms. The van der Waals surface area contributed by atoms with Crippen LogP contribution in [0.25, 0.3) is 0 Å². The fourth-order valence-electron chi connectivity index (χ4n) is 2.79. The second-order valence-electron chi connectivity index (χ2n) is 5.62. The van der Waals surface area contributed by atoms with E-state index in [2.05, 4.69) is 10.1 Å². The Balaban J connectivity index is 1.78. The first-order valence-corrected chi connectivity index (χ1v) is 8.55. The van der Waals surface area contributed by atoms with E-state index in [0.717, 1.165) is 5.56 Å². The number of hydrogen-bond acceptors (Lipinski definition) is 5. The molecule has 0 radical (unpaired) electrons. The summed E-state index contributed by atoms with van der Waals surface area (Å²) in [4.78, 5) is 4.09. The predicted molar refractivity (Wildman–Crippen MR) is 74.4 cm³/mol. The van der Waals surface area contributed by atoms with Crippen LogP contribution >= 0.6 is 0 Å². The number of hydrogen-bond donors (Lipinski definition) is 1. The molecule has 1 aromatic heterocycles. The summed E-state index contributed by atoms with van der Waals surface area (Å²) in [5, 5.41) is 13.8. The molecule has 1 fully saturated rings. The number of fused-ring (bicyclic) bond motifs is 1. The lowest BCUT2D eigenvalue weighted by Gasteiger charge is -2.11. The minimum Gasteiger partial charge on any atom is -0.385 e. The fraction of sp³-hybridized carbons (Fsp3) is 0.429. The highest BCUT2D eigenvalue weighted by Gasteiger charge is 2.42. The smallest absolute Gasteiger partial charge is 0.267 e. The Bertz CT molecular complexity index is 781. The van der Waals surface area contributed by atoms with Gasteiger partial charge in [0, 0.05) is 6.42 Å². The Morgan fingerprint density at radius 1 is 1.19 bits per heavy atom. The number of aliphatic hydroxyl groups excluding tert-OH is 1. The zero-order chi connectivity index (χ0) is 14.6. The van der Waals surface area contributed by atoms with Crippen LogP contribution in [-0.4, -0.2) is 33.5 Å². The van der Waals surface area contributed by atoms with E-state index in [1.165, 1.54) is 0 Å². The molecule has 1 aliphatic carbocycles. The van der Waals surface area contributed by atoms with Crippen molar-refractivity contribution in [3.05, 3.63) is 41.7 Å². The maximum absolute atomic E-state index is 12.2. The van der Waals surface area contributed by atoms with E-state index in [4.69, 9.17) is 0 Å². The first-order chi connectivity index (χ1) is 10.1. The second-order valence-corrected chi connectivity index (χ2v) is 7.74. The van der Waals surface area contributed by atoms with Crippen LogP contribution in [0, 0.1) is 0 Å². The van der Waals surface area contributed by atoms with Crippen molar-refractivity contribution >= 4 is 9.84 Å². The average molecular weight is 305 g/mol. The van der Waals surface area contributed by atoms with Crippen molar-refractivity contribution in [3.8, 4) is 0 Å². The standard InChI is InChI=1S/C14H15N3O3S/c18-12-8-11(9-4-2-1-3-5-9)17-13(12)15-14(16-17)21(19,20)10-6-7-10/h1-5,10-12,18H,6-8H2. The molecule has 1 saturated carbocycles. The molecule has 110 valence electrons. The molecule has 2 unspecified atom stereocenters. The van der Waals surface area contributed by atoms with Crippen LogP contribution in [0.1, 0.15) is 42.8 Å². The summed E-state index contributed by atoms with van der Waals surface area (Å²) in [6.45, 7) is 0. The maximum Gasteiger partial charge on any atom is 0.267 e. The molecule has 2 aliphatic rings. The van der Waals surface area contributed by atoms with E-state index in [9.17, 15) is 13.5 Å². The molecule has 1 N–H and O–H groups in total. The van der Waals surface area contributed by atoms with Crippen molar-refractivity contribution in [2.75, 3.05) is 0 Å². The third-order valence-corrected chi connectivity index (χ3v) is 6.11. The number of sulfone groups is 1. The number of aromatic nitrogens is 3. The Kier molecular flexibility index (Phi) is 2.71. The first kappa shape index (κ1) is 13.0. The molecule has 2 heterocycles. The van der Waals surface area contributed by atoms with Crippen LogP contribution in [0.4, 0.5) is 0 Å². The molecule has 0 spiro atoms. The van der Waals surface area contributed by atoms with E-state index in [0.29, 0.717) is 25.1 Å². The van der Waals surface area contributed by atoms with E-state index in [1.807, 2.05) is 30.3 Å². The van der Waals surface area contributed by atoms with Crippen LogP contribution in [0.2, 0.25) is 0 Å².